The Morgan fingerprint density at radius 1 is 1.28 bits per heavy atom. The first-order chi connectivity index (χ1) is 8.90. The number of fused-ring (bicyclic) bond motifs is 1. The molecule has 0 aliphatic carbocycles. The van der Waals surface area contributed by atoms with Gasteiger partial charge in [0, 0.05) is 23.6 Å². The summed E-state index contributed by atoms with van der Waals surface area (Å²) in [6.45, 7) is 7.04. The quantitative estimate of drug-likeness (QED) is 0.815. The molecule has 1 saturated heterocycles. The summed E-state index contributed by atoms with van der Waals surface area (Å²) in [6, 6.07) is 8.73. The van der Waals surface area contributed by atoms with Gasteiger partial charge in [0.2, 0.25) is 0 Å². The zero-order chi connectivity index (χ0) is 12.4. The standard InChI is InChI=1S/C16H20N2/c1-2-11-18-12-15(13-7-9-17-10-8-13)14-5-3-4-6-16(14)18/h2-6,12-13,17H,1,7-11H2. The highest BCUT2D eigenvalue weighted by molar-refractivity contribution is 5.84. The minimum absolute atomic E-state index is 0.710. The normalized spacial score (nSPS) is 17.1. The van der Waals surface area contributed by atoms with Crippen LogP contribution in [0.25, 0.3) is 10.9 Å². The van der Waals surface area contributed by atoms with Gasteiger partial charge in [-0.2, -0.15) is 0 Å². The van der Waals surface area contributed by atoms with E-state index < -0.39 is 0 Å². The predicted molar refractivity (Wildman–Crippen MR) is 77.0 cm³/mol. The summed E-state index contributed by atoms with van der Waals surface area (Å²) in [4.78, 5) is 0. The minimum Gasteiger partial charge on any atom is -0.343 e. The molecular weight excluding hydrogens is 220 g/mol. The van der Waals surface area contributed by atoms with E-state index in [1.807, 2.05) is 6.08 Å². The SMILES string of the molecule is C=CCn1cc(C2CCNCC2)c2ccccc21. The summed E-state index contributed by atoms with van der Waals surface area (Å²) in [5.74, 6) is 0.710. The number of nitrogens with zero attached hydrogens (tertiary/aromatic N) is 1. The number of hydrogen-bond acceptors (Lipinski definition) is 1. The number of allylic oxidation sites excluding steroid dienone is 1. The molecule has 0 radical (unpaired) electrons. The van der Waals surface area contributed by atoms with E-state index in [-0.39, 0.29) is 0 Å². The Balaban J connectivity index is 2.07. The Morgan fingerprint density at radius 3 is 2.83 bits per heavy atom. The average Bonchev–Trinajstić information content (AvgIpc) is 2.80. The van der Waals surface area contributed by atoms with Gasteiger partial charge in [0.15, 0.2) is 0 Å². The van der Waals surface area contributed by atoms with Crippen LogP contribution in [0.2, 0.25) is 0 Å². The van der Waals surface area contributed by atoms with Gasteiger partial charge in [-0.3, -0.25) is 0 Å². The molecule has 1 N–H and O–H groups in total. The lowest BCUT2D eigenvalue weighted by atomic mass is 9.90. The second kappa shape index (κ2) is 4.99. The fourth-order valence-corrected chi connectivity index (χ4v) is 3.02. The minimum atomic E-state index is 0.710. The third kappa shape index (κ3) is 1.97. The first-order valence-electron chi connectivity index (χ1n) is 6.79. The molecule has 0 bridgehead atoms. The Bertz CT molecular complexity index is 547. The van der Waals surface area contributed by atoms with Gasteiger partial charge in [0.1, 0.15) is 0 Å². The Labute approximate surface area is 108 Å². The summed E-state index contributed by atoms with van der Waals surface area (Å²) < 4.78 is 2.32. The van der Waals surface area contributed by atoms with Crippen LogP contribution in [0.4, 0.5) is 0 Å². The van der Waals surface area contributed by atoms with Gasteiger partial charge in [-0.25, -0.2) is 0 Å². The molecule has 94 valence electrons. The Morgan fingerprint density at radius 2 is 2.06 bits per heavy atom. The maximum atomic E-state index is 3.85. The molecule has 2 heterocycles. The Kier molecular flexibility index (Phi) is 3.20. The fourth-order valence-electron chi connectivity index (χ4n) is 3.02. The predicted octanol–water partition coefficient (Wildman–Crippen LogP) is 3.29. The van der Waals surface area contributed by atoms with Crippen LogP contribution < -0.4 is 5.32 Å². The fraction of sp³-hybridized carbons (Fsp3) is 0.375. The maximum absolute atomic E-state index is 3.85. The van der Waals surface area contributed by atoms with Crippen LogP contribution in [0.3, 0.4) is 0 Å². The van der Waals surface area contributed by atoms with Gasteiger partial charge in [0.25, 0.3) is 0 Å². The third-order valence-corrected chi connectivity index (χ3v) is 3.92. The molecular formula is C16H20N2. The van der Waals surface area contributed by atoms with Gasteiger partial charge in [-0.15, -0.1) is 6.58 Å². The molecule has 2 nitrogen and oxygen atoms in total. The summed E-state index contributed by atoms with van der Waals surface area (Å²) in [6.07, 6.45) is 6.81. The second-order valence-electron chi connectivity index (χ2n) is 5.07. The van der Waals surface area contributed by atoms with Gasteiger partial charge in [0.05, 0.1) is 0 Å². The van der Waals surface area contributed by atoms with Crippen molar-refractivity contribution in [3.05, 3.63) is 48.7 Å². The average molecular weight is 240 g/mol. The zero-order valence-corrected chi connectivity index (χ0v) is 10.7. The summed E-state index contributed by atoms with van der Waals surface area (Å²) in [7, 11) is 0. The van der Waals surface area contributed by atoms with Gasteiger partial charge < -0.3 is 9.88 Å². The van der Waals surface area contributed by atoms with Crippen molar-refractivity contribution in [1.82, 2.24) is 9.88 Å². The molecule has 2 heteroatoms. The number of rotatable bonds is 3. The number of nitrogens with one attached hydrogen (secondary N) is 1. The van der Waals surface area contributed by atoms with Gasteiger partial charge >= 0.3 is 0 Å². The lowest BCUT2D eigenvalue weighted by molar-refractivity contribution is 0.461. The topological polar surface area (TPSA) is 17.0 Å². The molecule has 0 atom stereocenters. The highest BCUT2D eigenvalue weighted by atomic mass is 15.0. The van der Waals surface area contributed by atoms with Crippen LogP contribution >= 0.6 is 0 Å². The van der Waals surface area contributed by atoms with E-state index in [2.05, 4.69) is 46.9 Å². The highest BCUT2D eigenvalue weighted by Gasteiger charge is 2.19. The number of piperidine rings is 1. The zero-order valence-electron chi connectivity index (χ0n) is 10.7. The molecule has 18 heavy (non-hydrogen) atoms. The second-order valence-corrected chi connectivity index (χ2v) is 5.07. The van der Waals surface area contributed by atoms with E-state index in [1.54, 1.807) is 0 Å². The van der Waals surface area contributed by atoms with Crippen LogP contribution in [-0.2, 0) is 6.54 Å². The lowest BCUT2D eigenvalue weighted by Crippen LogP contribution is -2.26. The van der Waals surface area contributed by atoms with E-state index in [1.165, 1.54) is 29.3 Å². The van der Waals surface area contributed by atoms with Gasteiger partial charge in [-0.05, 0) is 43.5 Å². The monoisotopic (exact) mass is 240 g/mol. The maximum Gasteiger partial charge on any atom is 0.0486 e. The number of hydrogen-bond donors (Lipinski definition) is 1. The van der Waals surface area contributed by atoms with E-state index >= 15 is 0 Å². The van der Waals surface area contributed by atoms with Crippen LogP contribution in [0, 0.1) is 0 Å². The molecule has 3 rings (SSSR count). The van der Waals surface area contributed by atoms with E-state index in [0.29, 0.717) is 5.92 Å². The Hall–Kier alpha value is -1.54. The van der Waals surface area contributed by atoms with Crippen molar-refractivity contribution in [2.45, 2.75) is 25.3 Å². The number of para-hydroxylation sites is 1. The first-order valence-corrected chi connectivity index (χ1v) is 6.79. The van der Waals surface area contributed by atoms with Crippen molar-refractivity contribution >= 4 is 10.9 Å². The van der Waals surface area contributed by atoms with E-state index in [9.17, 15) is 0 Å². The summed E-state index contributed by atoms with van der Waals surface area (Å²) in [5.41, 5.74) is 2.86. The first kappa shape index (κ1) is 11.5. The smallest absolute Gasteiger partial charge is 0.0486 e. The molecule has 0 saturated carbocycles. The molecule has 2 aromatic rings. The molecule has 0 amide bonds. The van der Waals surface area contributed by atoms with Crippen molar-refractivity contribution in [1.29, 1.82) is 0 Å². The van der Waals surface area contributed by atoms with Crippen molar-refractivity contribution in [2.24, 2.45) is 0 Å². The molecule has 1 aliphatic rings. The van der Waals surface area contributed by atoms with Crippen molar-refractivity contribution < 1.29 is 0 Å². The van der Waals surface area contributed by atoms with Crippen molar-refractivity contribution in [3.63, 3.8) is 0 Å². The molecule has 1 aromatic carbocycles. The largest absolute Gasteiger partial charge is 0.343 e. The van der Waals surface area contributed by atoms with Crippen LogP contribution in [0.15, 0.2) is 43.1 Å². The number of benzene rings is 1. The van der Waals surface area contributed by atoms with Crippen LogP contribution in [0.5, 0.6) is 0 Å². The summed E-state index contributed by atoms with van der Waals surface area (Å²) in [5, 5.41) is 4.86. The number of aromatic nitrogens is 1. The van der Waals surface area contributed by atoms with Crippen LogP contribution in [0.1, 0.15) is 24.3 Å². The van der Waals surface area contributed by atoms with E-state index in [0.717, 1.165) is 19.6 Å². The summed E-state index contributed by atoms with van der Waals surface area (Å²) >= 11 is 0. The highest BCUT2D eigenvalue weighted by Crippen LogP contribution is 2.32. The third-order valence-electron chi connectivity index (χ3n) is 3.92. The van der Waals surface area contributed by atoms with Crippen LogP contribution in [-0.4, -0.2) is 17.7 Å². The molecule has 1 fully saturated rings. The molecule has 0 unspecified atom stereocenters. The van der Waals surface area contributed by atoms with E-state index in [4.69, 9.17) is 0 Å². The van der Waals surface area contributed by atoms with Crippen molar-refractivity contribution in [2.75, 3.05) is 13.1 Å². The van der Waals surface area contributed by atoms with Gasteiger partial charge in [-0.1, -0.05) is 24.3 Å². The van der Waals surface area contributed by atoms with Crippen molar-refractivity contribution in [3.8, 4) is 0 Å². The lowest BCUT2D eigenvalue weighted by Gasteiger charge is -2.22. The molecule has 1 aliphatic heterocycles. The molecule has 1 aromatic heterocycles. The molecule has 0 spiro atoms.